The van der Waals surface area contributed by atoms with Crippen LogP contribution in [0.4, 0.5) is 13.2 Å². The Labute approximate surface area is 125 Å². The average molecular weight is 329 g/mol. The minimum Gasteiger partial charge on any atom is -0.406 e. The molecule has 1 aromatic carbocycles. The number of rotatable bonds is 6. The van der Waals surface area contributed by atoms with Crippen LogP contribution in [0.3, 0.4) is 0 Å². The Morgan fingerprint density at radius 3 is 2.67 bits per heavy atom. The second kappa shape index (κ2) is 8.71. The Kier molecular flexibility index (Phi) is 8.08. The fourth-order valence-electron chi connectivity index (χ4n) is 1.44. The molecule has 0 radical (unpaired) electrons. The molecule has 1 rings (SSSR count). The molecule has 0 aliphatic carbocycles. The van der Waals surface area contributed by atoms with Crippen molar-refractivity contribution in [1.82, 2.24) is 5.32 Å². The predicted octanol–water partition coefficient (Wildman–Crippen LogP) is 0.985. The zero-order valence-electron chi connectivity index (χ0n) is 10.9. The van der Waals surface area contributed by atoms with Gasteiger partial charge in [-0.15, -0.1) is 25.6 Å². The lowest BCUT2D eigenvalue weighted by atomic mass is 10.1. The third kappa shape index (κ3) is 7.74. The van der Waals surface area contributed by atoms with Crippen LogP contribution in [-0.4, -0.2) is 36.6 Å². The molecule has 0 fully saturated rings. The Morgan fingerprint density at radius 1 is 1.43 bits per heavy atom. The number of hydrogen-bond donors (Lipinski definition) is 3. The number of carbonyl (C=O) groups excluding carboxylic acids is 1. The number of nitrogens with one attached hydrogen (secondary N) is 1. The van der Waals surface area contributed by atoms with Crippen LogP contribution in [0.25, 0.3) is 0 Å². The molecule has 0 aliphatic heterocycles. The first-order chi connectivity index (χ1) is 9.31. The summed E-state index contributed by atoms with van der Waals surface area (Å²) >= 11 is 0. The summed E-state index contributed by atoms with van der Waals surface area (Å²) in [6, 6.07) is 4.47. The number of aliphatic hydroxyl groups is 1. The van der Waals surface area contributed by atoms with Crippen molar-refractivity contribution in [2.24, 2.45) is 5.73 Å². The van der Waals surface area contributed by atoms with Crippen molar-refractivity contribution in [1.29, 1.82) is 0 Å². The zero-order chi connectivity index (χ0) is 15.2. The quantitative estimate of drug-likeness (QED) is 0.727. The van der Waals surface area contributed by atoms with Gasteiger partial charge in [-0.05, 0) is 24.1 Å². The van der Waals surface area contributed by atoms with Gasteiger partial charge in [0.15, 0.2) is 0 Å². The second-order valence-corrected chi connectivity index (χ2v) is 4.03. The van der Waals surface area contributed by atoms with Crippen LogP contribution in [0.2, 0.25) is 0 Å². The maximum Gasteiger partial charge on any atom is 0.573 e. The first-order valence-electron chi connectivity index (χ1n) is 5.80. The molecule has 0 saturated heterocycles. The molecule has 0 heterocycles. The summed E-state index contributed by atoms with van der Waals surface area (Å²) in [5.74, 6) is -0.830. The van der Waals surface area contributed by atoms with Gasteiger partial charge in [0.05, 0.1) is 6.61 Å². The lowest BCUT2D eigenvalue weighted by molar-refractivity contribution is -0.274. The third-order valence-electron chi connectivity index (χ3n) is 2.38. The molecule has 0 aromatic heterocycles. The standard InChI is InChI=1S/C12H15F3N2O3.ClH/c13-12(14,15)20-9-3-1-2-8(6-9)4-5-17-11(19)10(16)7-18;/h1-3,6,10,18H,4-5,7,16H2,(H,17,19);1H. The number of carbonyl (C=O) groups is 1. The van der Waals surface area contributed by atoms with E-state index in [9.17, 15) is 18.0 Å². The maximum absolute atomic E-state index is 12.0. The summed E-state index contributed by atoms with van der Waals surface area (Å²) in [6.45, 7) is -0.275. The number of benzene rings is 1. The zero-order valence-corrected chi connectivity index (χ0v) is 11.7. The number of nitrogens with two attached hydrogens (primary N) is 1. The van der Waals surface area contributed by atoms with Crippen LogP contribution in [0.1, 0.15) is 5.56 Å². The summed E-state index contributed by atoms with van der Waals surface area (Å²) in [5, 5.41) is 11.1. The molecular formula is C12H16ClF3N2O3. The van der Waals surface area contributed by atoms with Gasteiger partial charge in [0.2, 0.25) is 5.91 Å². The van der Waals surface area contributed by atoms with Crippen molar-refractivity contribution in [2.45, 2.75) is 18.8 Å². The Hall–Kier alpha value is -1.51. The van der Waals surface area contributed by atoms with Gasteiger partial charge in [-0.2, -0.15) is 0 Å². The topological polar surface area (TPSA) is 84.6 Å². The fraction of sp³-hybridized carbons (Fsp3) is 0.417. The molecular weight excluding hydrogens is 313 g/mol. The van der Waals surface area contributed by atoms with Gasteiger partial charge in [-0.1, -0.05) is 12.1 Å². The molecule has 120 valence electrons. The van der Waals surface area contributed by atoms with Crippen LogP contribution in [-0.2, 0) is 11.2 Å². The maximum atomic E-state index is 12.0. The largest absolute Gasteiger partial charge is 0.573 e. The van der Waals surface area contributed by atoms with Gasteiger partial charge in [0.25, 0.3) is 0 Å². The van der Waals surface area contributed by atoms with E-state index >= 15 is 0 Å². The van der Waals surface area contributed by atoms with Crippen molar-refractivity contribution >= 4 is 18.3 Å². The average Bonchev–Trinajstić information content (AvgIpc) is 2.36. The number of halogens is 4. The highest BCUT2D eigenvalue weighted by molar-refractivity contribution is 5.85. The van der Waals surface area contributed by atoms with Crippen molar-refractivity contribution < 1.29 is 27.8 Å². The number of alkyl halides is 3. The molecule has 4 N–H and O–H groups in total. The third-order valence-corrected chi connectivity index (χ3v) is 2.38. The van der Waals surface area contributed by atoms with Crippen LogP contribution in [0, 0.1) is 0 Å². The van der Waals surface area contributed by atoms with E-state index in [1.54, 1.807) is 6.07 Å². The number of ether oxygens (including phenoxy) is 1. The molecule has 1 amide bonds. The first-order valence-corrected chi connectivity index (χ1v) is 5.80. The van der Waals surface area contributed by atoms with Gasteiger partial charge in [0.1, 0.15) is 11.8 Å². The van der Waals surface area contributed by atoms with Crippen molar-refractivity contribution in [2.75, 3.05) is 13.2 Å². The molecule has 0 saturated carbocycles. The lowest BCUT2D eigenvalue weighted by Gasteiger charge is -2.11. The summed E-state index contributed by atoms with van der Waals surface area (Å²) in [5.41, 5.74) is 5.86. The monoisotopic (exact) mass is 328 g/mol. The molecule has 0 aliphatic rings. The molecule has 1 unspecified atom stereocenters. The van der Waals surface area contributed by atoms with Gasteiger partial charge >= 0.3 is 6.36 Å². The summed E-state index contributed by atoms with van der Waals surface area (Å²) in [4.78, 5) is 11.2. The van der Waals surface area contributed by atoms with E-state index < -0.39 is 24.9 Å². The number of hydrogen-bond acceptors (Lipinski definition) is 4. The van der Waals surface area contributed by atoms with Crippen molar-refractivity contribution in [3.05, 3.63) is 29.8 Å². The van der Waals surface area contributed by atoms with Gasteiger partial charge in [-0.3, -0.25) is 4.79 Å². The van der Waals surface area contributed by atoms with E-state index in [2.05, 4.69) is 10.1 Å². The predicted molar refractivity (Wildman–Crippen MR) is 72.1 cm³/mol. The van der Waals surface area contributed by atoms with E-state index in [1.807, 2.05) is 0 Å². The van der Waals surface area contributed by atoms with Crippen LogP contribution in [0.5, 0.6) is 5.75 Å². The molecule has 5 nitrogen and oxygen atoms in total. The number of amides is 1. The van der Waals surface area contributed by atoms with Crippen LogP contribution in [0.15, 0.2) is 24.3 Å². The van der Waals surface area contributed by atoms with Crippen molar-refractivity contribution in [3.8, 4) is 5.75 Å². The van der Waals surface area contributed by atoms with E-state index in [-0.39, 0.29) is 24.7 Å². The van der Waals surface area contributed by atoms with E-state index in [4.69, 9.17) is 10.8 Å². The van der Waals surface area contributed by atoms with Gasteiger partial charge in [0, 0.05) is 6.54 Å². The smallest absolute Gasteiger partial charge is 0.406 e. The molecule has 21 heavy (non-hydrogen) atoms. The normalized spacial score (nSPS) is 12.2. The molecule has 1 atom stereocenters. The fourth-order valence-corrected chi connectivity index (χ4v) is 1.44. The van der Waals surface area contributed by atoms with Crippen LogP contribution >= 0.6 is 12.4 Å². The SMILES string of the molecule is Cl.NC(CO)C(=O)NCCc1cccc(OC(F)(F)F)c1. The van der Waals surface area contributed by atoms with Gasteiger partial charge in [-0.25, -0.2) is 0 Å². The first kappa shape index (κ1) is 19.5. The minimum atomic E-state index is -4.74. The molecule has 0 bridgehead atoms. The molecule has 1 aromatic rings. The summed E-state index contributed by atoms with van der Waals surface area (Å²) in [7, 11) is 0. The van der Waals surface area contributed by atoms with E-state index in [1.165, 1.54) is 18.2 Å². The summed E-state index contributed by atoms with van der Waals surface area (Å²) in [6.07, 6.45) is -4.42. The van der Waals surface area contributed by atoms with Gasteiger partial charge < -0.3 is 20.9 Å². The number of aliphatic hydroxyl groups excluding tert-OH is 1. The summed E-state index contributed by atoms with van der Waals surface area (Å²) < 4.78 is 39.9. The van der Waals surface area contributed by atoms with E-state index in [0.29, 0.717) is 12.0 Å². The highest BCUT2D eigenvalue weighted by Gasteiger charge is 2.31. The molecule has 0 spiro atoms. The minimum absolute atomic E-state index is 0. The highest BCUT2D eigenvalue weighted by atomic mass is 35.5. The van der Waals surface area contributed by atoms with E-state index in [0.717, 1.165) is 0 Å². The highest BCUT2D eigenvalue weighted by Crippen LogP contribution is 2.23. The Morgan fingerprint density at radius 2 is 2.10 bits per heavy atom. The Bertz CT molecular complexity index is 458. The molecule has 9 heteroatoms. The van der Waals surface area contributed by atoms with Crippen LogP contribution < -0.4 is 15.8 Å². The Balaban J connectivity index is 0.00000400. The van der Waals surface area contributed by atoms with Crippen molar-refractivity contribution in [3.63, 3.8) is 0 Å². The second-order valence-electron chi connectivity index (χ2n) is 4.03. The lowest BCUT2D eigenvalue weighted by Crippen LogP contribution is -2.43.